The van der Waals surface area contributed by atoms with Crippen molar-refractivity contribution in [2.45, 2.75) is 45.2 Å². The van der Waals surface area contributed by atoms with E-state index in [4.69, 9.17) is 0 Å². The number of rotatable bonds is 3. The second-order valence-electron chi connectivity index (χ2n) is 7.13. The average Bonchev–Trinajstić information content (AvgIpc) is 3.07. The van der Waals surface area contributed by atoms with Gasteiger partial charge in [0.05, 0.1) is 6.42 Å². The molecule has 1 aliphatic rings. The fourth-order valence-corrected chi connectivity index (χ4v) is 4.29. The van der Waals surface area contributed by atoms with E-state index in [-0.39, 0.29) is 18.1 Å². The molecule has 0 saturated heterocycles. The quantitative estimate of drug-likeness (QED) is 0.632. The molecular formula is C20H22FN5OS. The molecule has 2 aromatic heterocycles. The fourth-order valence-electron chi connectivity index (χ4n) is 3.95. The number of aromatic nitrogens is 4. The lowest BCUT2D eigenvalue weighted by molar-refractivity contribution is -0.118. The van der Waals surface area contributed by atoms with Gasteiger partial charge in [-0.1, -0.05) is 11.8 Å². The molecule has 0 aliphatic carbocycles. The summed E-state index contributed by atoms with van der Waals surface area (Å²) in [5.74, 6) is 0.293. The Labute approximate surface area is 167 Å². The molecule has 3 aromatic rings. The zero-order valence-electron chi connectivity index (χ0n) is 16.4. The van der Waals surface area contributed by atoms with Crippen LogP contribution in [0, 0.1) is 26.6 Å². The van der Waals surface area contributed by atoms with Crippen molar-refractivity contribution in [3.63, 3.8) is 0 Å². The Bertz CT molecular complexity index is 1090. The molecule has 1 aromatic carbocycles. The Morgan fingerprint density at radius 1 is 1.25 bits per heavy atom. The lowest BCUT2D eigenvalue weighted by atomic mass is 9.97. The van der Waals surface area contributed by atoms with Gasteiger partial charge in [-0.2, -0.15) is 4.98 Å². The van der Waals surface area contributed by atoms with E-state index in [0.717, 1.165) is 46.6 Å². The van der Waals surface area contributed by atoms with Crippen molar-refractivity contribution in [1.29, 1.82) is 0 Å². The van der Waals surface area contributed by atoms with E-state index in [2.05, 4.69) is 15.1 Å². The Balaban J connectivity index is 1.70. The number of carbonyl (C=O) groups is 1. The first-order valence-corrected chi connectivity index (χ1v) is 10.5. The number of thioether (sulfide) groups is 1. The molecular weight excluding hydrogens is 377 g/mol. The number of carbonyl (C=O) groups excluding carboxylic acids is 1. The molecule has 146 valence electrons. The number of hydrogen-bond donors (Lipinski definition) is 0. The third-order valence-electron chi connectivity index (χ3n) is 5.28. The maximum atomic E-state index is 13.8. The summed E-state index contributed by atoms with van der Waals surface area (Å²) in [6.45, 7) is 6.34. The molecule has 0 N–H and O–H groups in total. The molecule has 8 heteroatoms. The van der Waals surface area contributed by atoms with Gasteiger partial charge in [-0.05, 0) is 63.1 Å². The van der Waals surface area contributed by atoms with Gasteiger partial charge in [-0.15, -0.1) is 5.10 Å². The van der Waals surface area contributed by atoms with Crippen molar-refractivity contribution in [2.24, 2.45) is 0 Å². The highest BCUT2D eigenvalue weighted by atomic mass is 32.2. The molecule has 0 bridgehead atoms. The van der Waals surface area contributed by atoms with Gasteiger partial charge in [0, 0.05) is 29.2 Å². The number of fused-ring (bicyclic) bond motifs is 2. The van der Waals surface area contributed by atoms with Crippen LogP contribution in [0.15, 0.2) is 17.3 Å². The predicted octanol–water partition coefficient (Wildman–Crippen LogP) is 3.43. The molecule has 4 rings (SSSR count). The minimum atomic E-state index is -0.248. The van der Waals surface area contributed by atoms with Gasteiger partial charge in [-0.3, -0.25) is 4.79 Å². The van der Waals surface area contributed by atoms with Crippen LogP contribution in [0.1, 0.15) is 34.5 Å². The normalized spacial score (nSPS) is 13.8. The highest BCUT2D eigenvalue weighted by Gasteiger charge is 2.26. The molecule has 0 saturated carbocycles. The topological polar surface area (TPSA) is 63.4 Å². The average molecular weight is 399 g/mol. The van der Waals surface area contributed by atoms with E-state index in [9.17, 15) is 9.18 Å². The molecule has 3 heterocycles. The van der Waals surface area contributed by atoms with Gasteiger partial charge in [-0.25, -0.2) is 13.9 Å². The van der Waals surface area contributed by atoms with Crippen molar-refractivity contribution < 1.29 is 9.18 Å². The molecule has 0 spiro atoms. The lowest BCUT2D eigenvalue weighted by Crippen LogP contribution is -2.37. The highest BCUT2D eigenvalue weighted by molar-refractivity contribution is 7.98. The van der Waals surface area contributed by atoms with E-state index < -0.39 is 0 Å². The van der Waals surface area contributed by atoms with Crippen LogP contribution < -0.4 is 4.90 Å². The highest BCUT2D eigenvalue weighted by Crippen LogP contribution is 2.32. The first-order valence-electron chi connectivity index (χ1n) is 9.25. The lowest BCUT2D eigenvalue weighted by Gasteiger charge is -2.31. The Morgan fingerprint density at radius 3 is 2.79 bits per heavy atom. The summed E-state index contributed by atoms with van der Waals surface area (Å²) >= 11 is 1.46. The van der Waals surface area contributed by atoms with Gasteiger partial charge in [0.25, 0.3) is 5.78 Å². The van der Waals surface area contributed by atoms with Crippen molar-refractivity contribution in [1.82, 2.24) is 19.6 Å². The van der Waals surface area contributed by atoms with Gasteiger partial charge in [0.1, 0.15) is 5.82 Å². The van der Waals surface area contributed by atoms with E-state index in [1.165, 1.54) is 17.8 Å². The Hall–Kier alpha value is -2.48. The third-order valence-corrected chi connectivity index (χ3v) is 5.82. The van der Waals surface area contributed by atoms with Crippen molar-refractivity contribution in [3.05, 3.63) is 46.0 Å². The van der Waals surface area contributed by atoms with E-state index in [0.29, 0.717) is 17.5 Å². The molecule has 0 atom stereocenters. The van der Waals surface area contributed by atoms with E-state index >= 15 is 0 Å². The largest absolute Gasteiger partial charge is 0.312 e. The van der Waals surface area contributed by atoms with Crippen LogP contribution in [0.5, 0.6) is 0 Å². The number of aryl methyl sites for hydroxylation is 4. The summed E-state index contributed by atoms with van der Waals surface area (Å²) in [6, 6.07) is 3.04. The molecule has 6 nitrogen and oxygen atoms in total. The van der Waals surface area contributed by atoms with Gasteiger partial charge < -0.3 is 4.90 Å². The molecule has 28 heavy (non-hydrogen) atoms. The number of benzene rings is 1. The minimum absolute atomic E-state index is 0.00628. The van der Waals surface area contributed by atoms with E-state index in [1.54, 1.807) is 15.5 Å². The number of amides is 1. The standard InChI is InChI=1S/C20H22FN5OS/c1-11-8-15(21)9-14-6-5-7-25(18(11)14)17(27)10-16-12(2)22-19-23-20(28-4)24-26(19)13(16)3/h8-9H,5-7,10H2,1-4H3. The summed E-state index contributed by atoms with van der Waals surface area (Å²) in [7, 11) is 0. The Morgan fingerprint density at radius 2 is 2.04 bits per heavy atom. The van der Waals surface area contributed by atoms with Crippen molar-refractivity contribution in [2.75, 3.05) is 17.7 Å². The smallest absolute Gasteiger partial charge is 0.253 e. The molecule has 1 amide bonds. The predicted molar refractivity (Wildman–Crippen MR) is 108 cm³/mol. The second-order valence-corrected chi connectivity index (χ2v) is 7.90. The minimum Gasteiger partial charge on any atom is -0.312 e. The number of hydrogen-bond acceptors (Lipinski definition) is 5. The van der Waals surface area contributed by atoms with Crippen LogP contribution in [-0.2, 0) is 17.6 Å². The molecule has 0 unspecified atom stereocenters. The third kappa shape index (κ3) is 3.15. The van der Waals surface area contributed by atoms with Crippen LogP contribution >= 0.6 is 11.8 Å². The number of nitrogens with zero attached hydrogens (tertiary/aromatic N) is 5. The number of halogens is 1. The number of anilines is 1. The summed E-state index contributed by atoms with van der Waals surface area (Å²) in [5, 5.41) is 5.11. The molecule has 0 radical (unpaired) electrons. The van der Waals surface area contributed by atoms with Crippen molar-refractivity contribution >= 4 is 29.1 Å². The van der Waals surface area contributed by atoms with Crippen LogP contribution in [-0.4, -0.2) is 38.3 Å². The maximum absolute atomic E-state index is 13.8. The fraction of sp³-hybridized carbons (Fsp3) is 0.400. The molecule has 0 fully saturated rings. The van der Waals surface area contributed by atoms with Crippen LogP contribution in [0.2, 0.25) is 0 Å². The summed E-state index contributed by atoms with van der Waals surface area (Å²) < 4.78 is 15.5. The van der Waals surface area contributed by atoms with E-state index in [1.807, 2.05) is 27.0 Å². The van der Waals surface area contributed by atoms with Gasteiger partial charge in [0.15, 0.2) is 0 Å². The SMILES string of the molecule is CSc1nc2nc(C)c(CC(=O)N3CCCc4cc(F)cc(C)c43)c(C)n2n1. The zero-order chi connectivity index (χ0) is 20.0. The van der Waals surface area contributed by atoms with Crippen LogP contribution in [0.3, 0.4) is 0 Å². The zero-order valence-corrected chi connectivity index (χ0v) is 17.2. The summed E-state index contributed by atoms with van der Waals surface area (Å²) in [6.07, 6.45) is 3.77. The first-order chi connectivity index (χ1) is 13.4. The Kier molecular flexibility index (Phi) is 4.82. The van der Waals surface area contributed by atoms with Gasteiger partial charge in [0.2, 0.25) is 11.1 Å². The second kappa shape index (κ2) is 7.16. The molecule has 1 aliphatic heterocycles. The van der Waals surface area contributed by atoms with Crippen LogP contribution in [0.25, 0.3) is 5.78 Å². The maximum Gasteiger partial charge on any atom is 0.253 e. The van der Waals surface area contributed by atoms with Crippen LogP contribution in [0.4, 0.5) is 10.1 Å². The first kappa shape index (κ1) is 18.9. The monoisotopic (exact) mass is 399 g/mol. The summed E-state index contributed by atoms with van der Waals surface area (Å²) in [5.41, 5.74) is 5.07. The van der Waals surface area contributed by atoms with Crippen molar-refractivity contribution in [3.8, 4) is 0 Å². The van der Waals surface area contributed by atoms with Gasteiger partial charge >= 0.3 is 0 Å². The summed E-state index contributed by atoms with van der Waals surface area (Å²) in [4.78, 5) is 23.9.